The maximum Gasteiger partial charge on any atom is 0.298 e. The van der Waals surface area contributed by atoms with Crippen LogP contribution in [0.25, 0.3) is 6.08 Å². The summed E-state index contributed by atoms with van der Waals surface area (Å²) < 4.78 is 0. The largest absolute Gasteiger partial charge is 0.298 e. The number of imide groups is 1. The smallest absolute Gasteiger partial charge is 0.268 e. The first-order valence-corrected chi connectivity index (χ1v) is 7.75. The predicted octanol–water partition coefficient (Wildman–Crippen LogP) is 4.98. The van der Waals surface area contributed by atoms with Crippen molar-refractivity contribution in [1.29, 1.82) is 0 Å². The normalized spacial score (nSPS) is 16.2. The summed E-state index contributed by atoms with van der Waals surface area (Å²) in [4.78, 5) is 36.6. The van der Waals surface area contributed by atoms with E-state index < -0.39 is 5.91 Å². The summed E-state index contributed by atoms with van der Waals surface area (Å²) >= 11 is 6.67. The molecule has 0 atom stereocenters. The summed E-state index contributed by atoms with van der Waals surface area (Å²) in [5.41, 5.74) is 1.18. The monoisotopic (exact) mass is 344 g/mol. The second-order valence-electron chi connectivity index (χ2n) is 4.65. The Balaban J connectivity index is 1.94. The fraction of sp³-hybridized carbons (Fsp3) is 0. The quantitative estimate of drug-likeness (QED) is 0.581. The average Bonchev–Trinajstić information content (AvgIpc) is 2.84. The van der Waals surface area contributed by atoms with E-state index in [4.69, 9.17) is 11.6 Å². The van der Waals surface area contributed by atoms with Crippen molar-refractivity contribution in [2.45, 2.75) is 0 Å². The van der Waals surface area contributed by atoms with Crippen molar-refractivity contribution in [2.24, 2.45) is 5.18 Å². The van der Waals surface area contributed by atoms with E-state index in [0.717, 1.165) is 16.7 Å². The average molecular weight is 345 g/mol. The molecule has 1 fully saturated rings. The SMILES string of the molecule is O=Nc1cc(/C=C2/SC(=O)N(c3ccccc3)C2=O)ccc1Cl. The minimum absolute atomic E-state index is 0.0858. The molecule has 0 unspecified atom stereocenters. The molecular weight excluding hydrogens is 336 g/mol. The molecule has 0 N–H and O–H groups in total. The lowest BCUT2D eigenvalue weighted by molar-refractivity contribution is -0.113. The van der Waals surface area contributed by atoms with Gasteiger partial charge >= 0.3 is 0 Å². The molecule has 2 aromatic carbocycles. The first kappa shape index (κ1) is 15.5. The first-order valence-electron chi connectivity index (χ1n) is 6.56. The Morgan fingerprint density at radius 2 is 1.83 bits per heavy atom. The van der Waals surface area contributed by atoms with Crippen molar-refractivity contribution in [3.8, 4) is 0 Å². The summed E-state index contributed by atoms with van der Waals surface area (Å²) in [5, 5.41) is 2.69. The van der Waals surface area contributed by atoms with Crippen LogP contribution in [-0.2, 0) is 4.79 Å². The Labute approximate surface area is 140 Å². The number of nitroso groups, excluding NO2 is 1. The van der Waals surface area contributed by atoms with Crippen molar-refractivity contribution in [2.75, 3.05) is 4.90 Å². The molecule has 2 aromatic rings. The number of nitrogens with zero attached hydrogens (tertiary/aromatic N) is 2. The minimum Gasteiger partial charge on any atom is -0.268 e. The third-order valence-electron chi connectivity index (χ3n) is 3.17. The molecule has 2 amide bonds. The topological polar surface area (TPSA) is 66.8 Å². The zero-order chi connectivity index (χ0) is 16.4. The lowest BCUT2D eigenvalue weighted by Gasteiger charge is -2.11. The summed E-state index contributed by atoms with van der Waals surface area (Å²) in [7, 11) is 0. The molecule has 0 aromatic heterocycles. The van der Waals surface area contributed by atoms with Crippen molar-refractivity contribution in [3.05, 3.63) is 68.9 Å². The molecule has 1 heterocycles. The molecule has 5 nitrogen and oxygen atoms in total. The summed E-state index contributed by atoms with van der Waals surface area (Å²) in [6, 6.07) is 13.3. The molecule has 0 saturated carbocycles. The molecule has 1 aliphatic heterocycles. The van der Waals surface area contributed by atoms with Gasteiger partial charge in [-0.3, -0.25) is 9.59 Å². The van der Waals surface area contributed by atoms with Gasteiger partial charge in [0, 0.05) is 0 Å². The van der Waals surface area contributed by atoms with E-state index in [1.165, 1.54) is 12.1 Å². The van der Waals surface area contributed by atoms with E-state index in [1.54, 1.807) is 42.5 Å². The van der Waals surface area contributed by atoms with E-state index in [-0.39, 0.29) is 20.9 Å². The van der Waals surface area contributed by atoms with Gasteiger partial charge in [0.2, 0.25) is 0 Å². The maximum atomic E-state index is 12.4. The number of hydrogen-bond acceptors (Lipinski definition) is 5. The second-order valence-corrected chi connectivity index (χ2v) is 6.06. The molecular formula is C16H9ClN2O3S. The van der Waals surface area contributed by atoms with Crippen LogP contribution in [0, 0.1) is 4.91 Å². The van der Waals surface area contributed by atoms with Crippen LogP contribution in [0.5, 0.6) is 0 Å². The number of thioether (sulfide) groups is 1. The Kier molecular flexibility index (Phi) is 4.27. The van der Waals surface area contributed by atoms with Gasteiger partial charge in [-0.15, -0.1) is 4.91 Å². The van der Waals surface area contributed by atoms with Crippen LogP contribution in [0.15, 0.2) is 58.6 Å². The summed E-state index contributed by atoms with van der Waals surface area (Å²) in [6.45, 7) is 0. The Hall–Kier alpha value is -2.44. The number of rotatable bonds is 3. The number of amides is 2. The Morgan fingerprint density at radius 3 is 2.52 bits per heavy atom. The molecule has 114 valence electrons. The highest BCUT2D eigenvalue weighted by Crippen LogP contribution is 2.36. The highest BCUT2D eigenvalue weighted by atomic mass is 35.5. The molecule has 0 aliphatic carbocycles. The van der Waals surface area contributed by atoms with Crippen LogP contribution in [0.4, 0.5) is 16.2 Å². The van der Waals surface area contributed by atoms with E-state index in [2.05, 4.69) is 5.18 Å². The summed E-state index contributed by atoms with van der Waals surface area (Å²) in [5.74, 6) is -0.401. The van der Waals surface area contributed by atoms with Crippen LogP contribution in [0.2, 0.25) is 5.02 Å². The van der Waals surface area contributed by atoms with Crippen LogP contribution in [0.1, 0.15) is 5.56 Å². The van der Waals surface area contributed by atoms with E-state index >= 15 is 0 Å². The number of anilines is 1. The van der Waals surface area contributed by atoms with Gasteiger partial charge in [-0.2, -0.15) is 0 Å². The Morgan fingerprint density at radius 1 is 1.09 bits per heavy atom. The standard InChI is InChI=1S/C16H9ClN2O3S/c17-12-7-6-10(8-13(12)18-22)9-14-15(20)19(16(21)23-14)11-4-2-1-3-5-11/h1-9H/b14-9+. The highest BCUT2D eigenvalue weighted by Gasteiger charge is 2.36. The third-order valence-corrected chi connectivity index (χ3v) is 4.36. The Bertz CT molecular complexity index is 836. The minimum atomic E-state index is -0.401. The zero-order valence-electron chi connectivity index (χ0n) is 11.6. The van der Waals surface area contributed by atoms with Gasteiger partial charge in [-0.1, -0.05) is 35.9 Å². The number of hydrogen-bond donors (Lipinski definition) is 0. The molecule has 23 heavy (non-hydrogen) atoms. The molecule has 3 rings (SSSR count). The predicted molar refractivity (Wildman–Crippen MR) is 91.8 cm³/mol. The maximum absolute atomic E-state index is 12.4. The molecule has 1 aliphatic rings. The lowest BCUT2D eigenvalue weighted by atomic mass is 10.2. The van der Waals surface area contributed by atoms with Gasteiger partial charge < -0.3 is 0 Å². The van der Waals surface area contributed by atoms with E-state index in [9.17, 15) is 14.5 Å². The fourth-order valence-corrected chi connectivity index (χ4v) is 3.10. The second kappa shape index (κ2) is 6.36. The van der Waals surface area contributed by atoms with Crippen molar-refractivity contribution in [3.63, 3.8) is 0 Å². The number of para-hydroxylation sites is 1. The van der Waals surface area contributed by atoms with Gasteiger partial charge in [0.05, 0.1) is 15.6 Å². The molecule has 1 saturated heterocycles. The highest BCUT2D eigenvalue weighted by molar-refractivity contribution is 8.19. The van der Waals surface area contributed by atoms with Gasteiger partial charge in [0.1, 0.15) is 5.69 Å². The van der Waals surface area contributed by atoms with E-state index in [1.807, 2.05) is 0 Å². The van der Waals surface area contributed by atoms with E-state index in [0.29, 0.717) is 11.3 Å². The number of carbonyl (C=O) groups excluding carboxylic acids is 2. The van der Waals surface area contributed by atoms with Crippen LogP contribution >= 0.6 is 23.4 Å². The van der Waals surface area contributed by atoms with Crippen molar-refractivity contribution >= 4 is 52.0 Å². The number of halogens is 1. The van der Waals surface area contributed by atoms with Crippen LogP contribution in [-0.4, -0.2) is 11.1 Å². The number of benzene rings is 2. The van der Waals surface area contributed by atoms with Gasteiger partial charge in [0.15, 0.2) is 0 Å². The van der Waals surface area contributed by atoms with Crippen molar-refractivity contribution < 1.29 is 9.59 Å². The van der Waals surface area contributed by atoms with Crippen LogP contribution in [0.3, 0.4) is 0 Å². The first-order chi connectivity index (χ1) is 11.1. The zero-order valence-corrected chi connectivity index (χ0v) is 13.2. The number of carbonyl (C=O) groups is 2. The summed E-state index contributed by atoms with van der Waals surface area (Å²) in [6.07, 6.45) is 1.54. The van der Waals surface area contributed by atoms with Gasteiger partial charge in [-0.25, -0.2) is 4.90 Å². The van der Waals surface area contributed by atoms with Gasteiger partial charge in [-0.05, 0) is 52.8 Å². The fourth-order valence-electron chi connectivity index (χ4n) is 2.11. The van der Waals surface area contributed by atoms with Crippen molar-refractivity contribution in [1.82, 2.24) is 0 Å². The molecule has 0 bridgehead atoms. The third kappa shape index (κ3) is 3.04. The van der Waals surface area contributed by atoms with Crippen LogP contribution < -0.4 is 4.90 Å². The molecule has 7 heteroatoms. The molecule has 0 radical (unpaired) electrons. The van der Waals surface area contributed by atoms with Gasteiger partial charge in [0.25, 0.3) is 11.1 Å². The molecule has 0 spiro atoms. The lowest BCUT2D eigenvalue weighted by Crippen LogP contribution is -2.27.